The fraction of sp³-hybridized carbons (Fsp3) is 0.111. The molecule has 0 bridgehead atoms. The number of hydrogen-bond donors (Lipinski definition) is 1. The van der Waals surface area contributed by atoms with E-state index in [1.165, 1.54) is 17.0 Å². The minimum Gasteiger partial charge on any atom is -0.340 e. The second kappa shape index (κ2) is 7.40. The van der Waals surface area contributed by atoms with Gasteiger partial charge in [0.25, 0.3) is 0 Å². The van der Waals surface area contributed by atoms with E-state index < -0.39 is 23.4 Å². The van der Waals surface area contributed by atoms with Gasteiger partial charge in [-0.2, -0.15) is 18.2 Å². The molecule has 0 radical (unpaired) electrons. The average Bonchev–Trinajstić information content (AvgIpc) is 2.63. The Morgan fingerprint density at radius 1 is 1.00 bits per heavy atom. The molecule has 3 rings (SSSR count). The number of aromatic nitrogens is 2. The first kappa shape index (κ1) is 18.9. The molecule has 27 heavy (non-hydrogen) atoms. The van der Waals surface area contributed by atoms with E-state index in [1.54, 1.807) is 31.3 Å². The topological polar surface area (TPSA) is 41.1 Å². The van der Waals surface area contributed by atoms with Crippen molar-refractivity contribution in [1.82, 2.24) is 9.97 Å². The Morgan fingerprint density at radius 2 is 1.63 bits per heavy atom. The van der Waals surface area contributed by atoms with Crippen molar-refractivity contribution in [3.8, 4) is 0 Å². The van der Waals surface area contributed by atoms with Gasteiger partial charge in [-0.3, -0.25) is 0 Å². The molecule has 9 heteroatoms. The number of anilines is 4. The first-order chi connectivity index (χ1) is 12.7. The lowest BCUT2D eigenvalue weighted by atomic mass is 10.2. The van der Waals surface area contributed by atoms with Gasteiger partial charge in [-0.25, -0.2) is 9.37 Å². The summed E-state index contributed by atoms with van der Waals surface area (Å²) >= 11 is 5.85. The molecule has 1 aromatic heterocycles. The number of rotatable bonds is 4. The first-order valence-electron chi connectivity index (χ1n) is 7.70. The second-order valence-electron chi connectivity index (χ2n) is 5.60. The van der Waals surface area contributed by atoms with E-state index in [9.17, 15) is 17.6 Å². The third-order valence-corrected chi connectivity index (χ3v) is 3.95. The Kier molecular flexibility index (Phi) is 5.18. The summed E-state index contributed by atoms with van der Waals surface area (Å²) in [5, 5.41) is 3.10. The fourth-order valence-corrected chi connectivity index (χ4v) is 2.41. The summed E-state index contributed by atoms with van der Waals surface area (Å²) in [6, 6.07) is 11.6. The minimum absolute atomic E-state index is 0.0509. The van der Waals surface area contributed by atoms with Crippen LogP contribution in [0.15, 0.2) is 54.7 Å². The summed E-state index contributed by atoms with van der Waals surface area (Å²) in [4.78, 5) is 9.35. The molecule has 1 N–H and O–H groups in total. The van der Waals surface area contributed by atoms with E-state index in [1.807, 2.05) is 0 Å². The van der Waals surface area contributed by atoms with Gasteiger partial charge in [0, 0.05) is 29.6 Å². The maximum absolute atomic E-state index is 13.3. The molecule has 0 fully saturated rings. The van der Waals surface area contributed by atoms with Crippen molar-refractivity contribution in [1.29, 1.82) is 0 Å². The highest BCUT2D eigenvalue weighted by Crippen LogP contribution is 2.36. The zero-order valence-corrected chi connectivity index (χ0v) is 14.7. The molecule has 0 atom stereocenters. The maximum atomic E-state index is 13.3. The molecular weight excluding hydrogens is 384 g/mol. The molecule has 0 unspecified atom stereocenters. The normalized spacial score (nSPS) is 11.3. The van der Waals surface area contributed by atoms with Gasteiger partial charge in [0.15, 0.2) is 0 Å². The minimum atomic E-state index is -4.65. The van der Waals surface area contributed by atoms with E-state index in [4.69, 9.17) is 11.6 Å². The van der Waals surface area contributed by atoms with Crippen molar-refractivity contribution in [2.24, 2.45) is 0 Å². The van der Waals surface area contributed by atoms with Gasteiger partial charge in [-0.15, -0.1) is 0 Å². The molecular formula is C18H13ClF4N4. The number of halogens is 5. The predicted molar refractivity (Wildman–Crippen MR) is 96.2 cm³/mol. The Bertz CT molecular complexity index is 928. The van der Waals surface area contributed by atoms with Crippen LogP contribution in [0.2, 0.25) is 5.02 Å². The van der Waals surface area contributed by atoms with E-state index in [0.29, 0.717) is 16.9 Å². The van der Waals surface area contributed by atoms with E-state index in [-0.39, 0.29) is 11.6 Å². The lowest BCUT2D eigenvalue weighted by molar-refractivity contribution is -0.137. The van der Waals surface area contributed by atoms with E-state index in [2.05, 4.69) is 15.3 Å². The summed E-state index contributed by atoms with van der Waals surface area (Å²) in [5.41, 5.74) is -0.118. The second-order valence-corrected chi connectivity index (χ2v) is 6.03. The molecule has 0 aliphatic carbocycles. The zero-order chi connectivity index (χ0) is 19.6. The Hall–Kier alpha value is -2.87. The van der Waals surface area contributed by atoms with Gasteiger partial charge >= 0.3 is 6.18 Å². The molecule has 0 aliphatic rings. The summed E-state index contributed by atoms with van der Waals surface area (Å²) in [6.45, 7) is 0. The number of hydrogen-bond acceptors (Lipinski definition) is 4. The fourth-order valence-electron chi connectivity index (χ4n) is 2.29. The molecule has 3 aromatic rings. The standard InChI is InChI=1S/C18H13ClF4N4/c1-27(14-8-2-11(19)3-9-14)17-24-10-15(18(21,22)23)16(26-17)25-13-6-4-12(20)5-7-13/h2-10H,1H3,(H,24,25,26). The van der Waals surface area contributed by atoms with E-state index >= 15 is 0 Å². The van der Waals surface area contributed by atoms with Crippen LogP contribution in [0.25, 0.3) is 0 Å². The van der Waals surface area contributed by atoms with Crippen molar-refractivity contribution in [3.63, 3.8) is 0 Å². The van der Waals surface area contributed by atoms with Crippen molar-refractivity contribution in [3.05, 3.63) is 71.1 Å². The highest BCUT2D eigenvalue weighted by molar-refractivity contribution is 6.30. The molecule has 140 valence electrons. The Morgan fingerprint density at radius 3 is 2.22 bits per heavy atom. The number of alkyl halides is 3. The predicted octanol–water partition coefficient (Wildman–Crippen LogP) is 5.80. The zero-order valence-electron chi connectivity index (χ0n) is 13.9. The summed E-state index contributed by atoms with van der Waals surface area (Å²) < 4.78 is 53.0. The molecule has 0 saturated heterocycles. The number of nitrogens with zero attached hydrogens (tertiary/aromatic N) is 3. The van der Waals surface area contributed by atoms with Crippen LogP contribution in [0.4, 0.5) is 40.7 Å². The third-order valence-electron chi connectivity index (χ3n) is 3.70. The number of nitrogens with one attached hydrogen (secondary N) is 1. The lowest BCUT2D eigenvalue weighted by Gasteiger charge is -2.20. The summed E-state index contributed by atoms with van der Waals surface area (Å²) in [5.74, 6) is -0.878. The largest absolute Gasteiger partial charge is 0.421 e. The molecule has 0 saturated carbocycles. The van der Waals surface area contributed by atoms with Gasteiger partial charge in [0.1, 0.15) is 17.2 Å². The van der Waals surface area contributed by atoms with Crippen LogP contribution in [-0.2, 0) is 6.18 Å². The third kappa shape index (κ3) is 4.46. The average molecular weight is 397 g/mol. The van der Waals surface area contributed by atoms with Crippen LogP contribution in [0, 0.1) is 5.82 Å². The van der Waals surface area contributed by atoms with Gasteiger partial charge in [-0.05, 0) is 48.5 Å². The summed E-state index contributed by atoms with van der Waals surface area (Å²) in [6.07, 6.45) is -3.94. The summed E-state index contributed by atoms with van der Waals surface area (Å²) in [7, 11) is 1.62. The molecule has 0 amide bonds. The van der Waals surface area contributed by atoms with Gasteiger partial charge in [-0.1, -0.05) is 11.6 Å². The molecule has 0 spiro atoms. The van der Waals surface area contributed by atoms with Crippen LogP contribution < -0.4 is 10.2 Å². The van der Waals surface area contributed by atoms with Crippen molar-refractivity contribution < 1.29 is 17.6 Å². The molecule has 0 aliphatic heterocycles. The Labute approximate surface area is 157 Å². The first-order valence-corrected chi connectivity index (χ1v) is 8.08. The highest BCUT2D eigenvalue weighted by Gasteiger charge is 2.35. The SMILES string of the molecule is CN(c1ccc(Cl)cc1)c1ncc(C(F)(F)F)c(Nc2ccc(F)cc2)n1. The maximum Gasteiger partial charge on any atom is 0.421 e. The van der Waals surface area contributed by atoms with Crippen LogP contribution >= 0.6 is 11.6 Å². The monoisotopic (exact) mass is 396 g/mol. The van der Waals surface area contributed by atoms with E-state index in [0.717, 1.165) is 12.1 Å². The molecule has 4 nitrogen and oxygen atoms in total. The molecule has 1 heterocycles. The van der Waals surface area contributed by atoms with Gasteiger partial charge in [0.05, 0.1) is 0 Å². The quantitative estimate of drug-likeness (QED) is 0.566. The number of benzene rings is 2. The smallest absolute Gasteiger partial charge is 0.340 e. The van der Waals surface area contributed by atoms with Crippen molar-refractivity contribution >= 4 is 34.7 Å². The van der Waals surface area contributed by atoms with Crippen molar-refractivity contribution in [2.45, 2.75) is 6.18 Å². The van der Waals surface area contributed by atoms with Crippen LogP contribution in [-0.4, -0.2) is 17.0 Å². The van der Waals surface area contributed by atoms with Crippen LogP contribution in [0.1, 0.15) is 5.56 Å². The molecule has 2 aromatic carbocycles. The lowest BCUT2D eigenvalue weighted by Crippen LogP contribution is -2.17. The highest BCUT2D eigenvalue weighted by atomic mass is 35.5. The van der Waals surface area contributed by atoms with Crippen LogP contribution in [0.3, 0.4) is 0 Å². The Balaban J connectivity index is 1.99. The van der Waals surface area contributed by atoms with Gasteiger partial charge < -0.3 is 10.2 Å². The van der Waals surface area contributed by atoms with Gasteiger partial charge in [0.2, 0.25) is 5.95 Å². The van der Waals surface area contributed by atoms with Crippen LogP contribution in [0.5, 0.6) is 0 Å². The van der Waals surface area contributed by atoms with Crippen molar-refractivity contribution in [2.75, 3.05) is 17.3 Å².